The van der Waals surface area contributed by atoms with E-state index in [9.17, 15) is 4.79 Å². The minimum absolute atomic E-state index is 0.0644. The zero-order valence-corrected chi connectivity index (χ0v) is 7.96. The van der Waals surface area contributed by atoms with Crippen molar-refractivity contribution in [3.8, 4) is 6.07 Å². The van der Waals surface area contributed by atoms with Gasteiger partial charge in [-0.3, -0.25) is 4.79 Å². The first kappa shape index (κ1) is 11.8. The van der Waals surface area contributed by atoms with E-state index in [4.69, 9.17) is 10.4 Å². The van der Waals surface area contributed by atoms with Crippen LogP contribution in [0.5, 0.6) is 0 Å². The van der Waals surface area contributed by atoms with Crippen molar-refractivity contribution in [2.75, 3.05) is 5.75 Å². The van der Waals surface area contributed by atoms with Gasteiger partial charge in [-0.05, 0) is 5.41 Å². The Kier molecular flexibility index (Phi) is 8.06. The van der Waals surface area contributed by atoms with Gasteiger partial charge in [-0.2, -0.15) is 5.26 Å². The molecule has 0 aromatic rings. The summed E-state index contributed by atoms with van der Waals surface area (Å²) in [4.78, 5) is 10.1. The van der Waals surface area contributed by atoms with E-state index < -0.39 is 5.97 Å². The summed E-state index contributed by atoms with van der Waals surface area (Å²) < 4.78 is 0. The fraction of sp³-hybridized carbons (Fsp3) is 0.333. The van der Waals surface area contributed by atoms with E-state index in [1.54, 1.807) is 17.6 Å². The molecule has 0 rings (SSSR count). The number of nitrogens with zero attached hydrogens (tertiary/aromatic N) is 1. The van der Waals surface area contributed by atoms with Crippen molar-refractivity contribution in [3.63, 3.8) is 0 Å². The molecule has 4 heteroatoms. The molecule has 0 saturated heterocycles. The summed E-state index contributed by atoms with van der Waals surface area (Å²) in [5.41, 5.74) is 0. The molecule has 13 heavy (non-hydrogen) atoms. The van der Waals surface area contributed by atoms with Gasteiger partial charge >= 0.3 is 5.97 Å². The van der Waals surface area contributed by atoms with Crippen LogP contribution in [0.25, 0.3) is 0 Å². The van der Waals surface area contributed by atoms with Gasteiger partial charge in [0.05, 0.1) is 18.9 Å². The average Bonchev–Trinajstić information content (AvgIpc) is 2.09. The molecule has 0 aliphatic heterocycles. The van der Waals surface area contributed by atoms with Crippen LogP contribution in [0.4, 0.5) is 0 Å². The molecular weight excluding hydrogens is 186 g/mol. The topological polar surface area (TPSA) is 61.1 Å². The summed E-state index contributed by atoms with van der Waals surface area (Å²) in [6.45, 7) is 0. The van der Waals surface area contributed by atoms with E-state index >= 15 is 0 Å². The fourth-order valence-corrected chi connectivity index (χ4v) is 1.12. The van der Waals surface area contributed by atoms with Crippen molar-refractivity contribution in [3.05, 3.63) is 23.6 Å². The minimum atomic E-state index is -0.822. The van der Waals surface area contributed by atoms with E-state index in [0.29, 0.717) is 6.42 Å². The lowest BCUT2D eigenvalue weighted by Gasteiger charge is -1.86. The third-order valence-electron chi connectivity index (χ3n) is 1.05. The quantitative estimate of drug-likeness (QED) is 0.523. The number of allylic oxidation sites excluding steroid dienone is 1. The maximum Gasteiger partial charge on any atom is 0.307 e. The second kappa shape index (κ2) is 8.88. The Bertz CT molecular complexity index is 240. The molecule has 0 amide bonds. The summed E-state index contributed by atoms with van der Waals surface area (Å²) in [7, 11) is 0. The van der Waals surface area contributed by atoms with Gasteiger partial charge in [0.25, 0.3) is 0 Å². The van der Waals surface area contributed by atoms with Crippen molar-refractivity contribution in [2.45, 2.75) is 12.8 Å². The van der Waals surface area contributed by atoms with Crippen LogP contribution in [0.3, 0.4) is 0 Å². The first-order valence-electron chi connectivity index (χ1n) is 3.77. The Morgan fingerprint density at radius 2 is 2.23 bits per heavy atom. The molecule has 70 valence electrons. The minimum Gasteiger partial charge on any atom is -0.481 e. The smallest absolute Gasteiger partial charge is 0.307 e. The molecule has 0 bridgehead atoms. The maximum atomic E-state index is 10.1. The van der Waals surface area contributed by atoms with E-state index in [2.05, 4.69) is 0 Å². The number of thioether (sulfide) groups is 1. The van der Waals surface area contributed by atoms with E-state index in [1.807, 2.05) is 12.1 Å². The molecule has 0 aromatic carbocycles. The molecule has 0 fully saturated rings. The van der Waals surface area contributed by atoms with E-state index in [1.165, 1.54) is 11.8 Å². The Hall–Kier alpha value is -1.21. The number of aliphatic carboxylic acids is 1. The van der Waals surface area contributed by atoms with Crippen molar-refractivity contribution >= 4 is 17.7 Å². The van der Waals surface area contributed by atoms with Gasteiger partial charge < -0.3 is 5.11 Å². The predicted octanol–water partition coefficient (Wildman–Crippen LogP) is 2.18. The third-order valence-corrected chi connectivity index (χ3v) is 1.82. The second-order valence-corrected chi connectivity index (χ2v) is 3.08. The Morgan fingerprint density at radius 3 is 2.85 bits per heavy atom. The standard InChI is InChI=1S/C9H11NO2S/c10-6-2-1-3-7-13-8-4-5-9(11)12/h1,3-4,8H,2,5,7H2,(H,11,12). The van der Waals surface area contributed by atoms with Gasteiger partial charge in [-0.1, -0.05) is 18.2 Å². The summed E-state index contributed by atoms with van der Waals surface area (Å²) in [6, 6.07) is 1.99. The number of hydrogen-bond donors (Lipinski definition) is 1. The van der Waals surface area contributed by atoms with Gasteiger partial charge in [0.2, 0.25) is 0 Å². The van der Waals surface area contributed by atoms with Crippen LogP contribution in [-0.2, 0) is 4.79 Å². The van der Waals surface area contributed by atoms with Crippen LogP contribution in [0, 0.1) is 11.3 Å². The SMILES string of the molecule is N#CCC=CCSC=CCC(=O)O. The molecule has 0 unspecified atom stereocenters. The zero-order valence-electron chi connectivity index (χ0n) is 7.14. The molecule has 0 heterocycles. The van der Waals surface area contributed by atoms with Crippen LogP contribution < -0.4 is 0 Å². The molecule has 0 spiro atoms. The Balaban J connectivity index is 3.30. The highest BCUT2D eigenvalue weighted by Crippen LogP contribution is 2.03. The number of nitriles is 1. The molecule has 1 N–H and O–H groups in total. The number of hydrogen-bond acceptors (Lipinski definition) is 3. The third kappa shape index (κ3) is 10.8. The predicted molar refractivity (Wildman–Crippen MR) is 53.2 cm³/mol. The number of carboxylic acids is 1. The highest BCUT2D eigenvalue weighted by Gasteiger charge is 1.87. The zero-order chi connectivity index (χ0) is 9.94. The maximum absolute atomic E-state index is 10.1. The molecule has 3 nitrogen and oxygen atoms in total. The molecule has 0 aliphatic rings. The molecular formula is C9H11NO2S. The normalized spacial score (nSPS) is 10.7. The van der Waals surface area contributed by atoms with Crippen molar-refractivity contribution in [1.29, 1.82) is 5.26 Å². The molecule has 0 saturated carbocycles. The molecule has 0 aliphatic carbocycles. The lowest BCUT2D eigenvalue weighted by molar-refractivity contribution is -0.135. The summed E-state index contributed by atoms with van der Waals surface area (Å²) in [5.74, 6) is -0.0467. The van der Waals surface area contributed by atoms with Gasteiger partial charge in [-0.25, -0.2) is 0 Å². The number of rotatable bonds is 6. The monoisotopic (exact) mass is 197 g/mol. The van der Waals surface area contributed by atoms with Gasteiger partial charge in [0, 0.05) is 5.75 Å². The van der Waals surface area contributed by atoms with Crippen LogP contribution in [0.1, 0.15) is 12.8 Å². The van der Waals surface area contributed by atoms with Gasteiger partial charge in [-0.15, -0.1) is 11.8 Å². The van der Waals surface area contributed by atoms with Gasteiger partial charge in [0.15, 0.2) is 0 Å². The lowest BCUT2D eigenvalue weighted by Crippen LogP contribution is -1.89. The van der Waals surface area contributed by atoms with E-state index in [0.717, 1.165) is 5.75 Å². The van der Waals surface area contributed by atoms with Crippen LogP contribution in [0.2, 0.25) is 0 Å². The molecule has 0 atom stereocenters. The van der Waals surface area contributed by atoms with Crippen LogP contribution in [0.15, 0.2) is 23.6 Å². The van der Waals surface area contributed by atoms with Crippen molar-refractivity contribution in [1.82, 2.24) is 0 Å². The van der Waals surface area contributed by atoms with Crippen LogP contribution in [-0.4, -0.2) is 16.8 Å². The largest absolute Gasteiger partial charge is 0.481 e. The number of carboxylic acid groups (broad SMARTS) is 1. The highest BCUT2D eigenvalue weighted by molar-refractivity contribution is 8.02. The number of carbonyl (C=O) groups is 1. The van der Waals surface area contributed by atoms with Gasteiger partial charge in [0.1, 0.15) is 0 Å². The first-order chi connectivity index (χ1) is 6.27. The summed E-state index contributed by atoms with van der Waals surface area (Å²) >= 11 is 1.51. The molecule has 0 radical (unpaired) electrons. The van der Waals surface area contributed by atoms with Crippen LogP contribution >= 0.6 is 11.8 Å². The lowest BCUT2D eigenvalue weighted by atomic mass is 10.4. The summed E-state index contributed by atoms with van der Waals surface area (Å²) in [6.07, 6.45) is 5.77. The Morgan fingerprint density at radius 1 is 1.46 bits per heavy atom. The highest BCUT2D eigenvalue weighted by atomic mass is 32.2. The second-order valence-electron chi connectivity index (χ2n) is 2.14. The Labute approximate surface area is 81.8 Å². The fourth-order valence-electron chi connectivity index (χ4n) is 0.532. The van der Waals surface area contributed by atoms with E-state index in [-0.39, 0.29) is 6.42 Å². The average molecular weight is 197 g/mol. The van der Waals surface area contributed by atoms with Crippen molar-refractivity contribution in [2.24, 2.45) is 0 Å². The van der Waals surface area contributed by atoms with Crippen molar-refractivity contribution < 1.29 is 9.90 Å². The summed E-state index contributed by atoms with van der Waals surface area (Å²) in [5, 5.41) is 18.2. The molecule has 0 aromatic heterocycles. The first-order valence-corrected chi connectivity index (χ1v) is 4.82.